The highest BCUT2D eigenvalue weighted by molar-refractivity contribution is 5.89. The van der Waals surface area contributed by atoms with Crippen LogP contribution in [0.3, 0.4) is 0 Å². The van der Waals surface area contributed by atoms with Crippen LogP contribution >= 0.6 is 0 Å². The lowest BCUT2D eigenvalue weighted by molar-refractivity contribution is -0.144. The summed E-state index contributed by atoms with van der Waals surface area (Å²) >= 11 is 0. The molecule has 0 aliphatic heterocycles. The van der Waals surface area contributed by atoms with E-state index in [1.807, 2.05) is 36.4 Å². The van der Waals surface area contributed by atoms with Gasteiger partial charge in [0, 0.05) is 5.39 Å². The first-order valence-electron chi connectivity index (χ1n) is 9.48. The minimum Gasteiger partial charge on any atom is -0.493 e. The predicted molar refractivity (Wildman–Crippen MR) is 116 cm³/mol. The van der Waals surface area contributed by atoms with Gasteiger partial charge in [-0.15, -0.1) is 0 Å². The SMILES string of the molecule is COc1cc(/C=N/NC(=O)COc2cccc3ccccc23)ccc1O[C@@H](C)C(=O)O. The van der Waals surface area contributed by atoms with E-state index >= 15 is 0 Å². The van der Waals surface area contributed by atoms with E-state index in [-0.39, 0.29) is 6.61 Å². The molecule has 0 saturated heterocycles. The van der Waals surface area contributed by atoms with Crippen LogP contribution in [0.2, 0.25) is 0 Å². The van der Waals surface area contributed by atoms with E-state index in [1.54, 1.807) is 24.3 Å². The molecule has 0 unspecified atom stereocenters. The number of nitrogens with one attached hydrogen (secondary N) is 1. The second-order valence-corrected chi connectivity index (χ2v) is 6.57. The Morgan fingerprint density at radius 1 is 1.06 bits per heavy atom. The van der Waals surface area contributed by atoms with Gasteiger partial charge in [0.15, 0.2) is 24.2 Å². The van der Waals surface area contributed by atoms with Crippen LogP contribution in [0.5, 0.6) is 17.2 Å². The average Bonchev–Trinajstić information content (AvgIpc) is 2.78. The third kappa shape index (κ3) is 5.72. The number of carbonyl (C=O) groups excluding carboxylic acids is 1. The minimum atomic E-state index is -1.08. The molecule has 8 nitrogen and oxygen atoms in total. The van der Waals surface area contributed by atoms with Gasteiger partial charge in [-0.05, 0) is 42.1 Å². The molecule has 1 atom stereocenters. The maximum Gasteiger partial charge on any atom is 0.344 e. The van der Waals surface area contributed by atoms with Crippen molar-refractivity contribution in [2.45, 2.75) is 13.0 Å². The monoisotopic (exact) mass is 422 g/mol. The summed E-state index contributed by atoms with van der Waals surface area (Å²) < 4.78 is 16.2. The Morgan fingerprint density at radius 3 is 2.61 bits per heavy atom. The first-order chi connectivity index (χ1) is 15.0. The number of benzene rings is 3. The largest absolute Gasteiger partial charge is 0.493 e. The molecule has 0 aliphatic rings. The van der Waals surface area contributed by atoms with Crippen molar-refractivity contribution < 1.29 is 28.9 Å². The lowest BCUT2D eigenvalue weighted by atomic mass is 10.1. The van der Waals surface area contributed by atoms with Gasteiger partial charge < -0.3 is 19.3 Å². The fourth-order valence-corrected chi connectivity index (χ4v) is 2.78. The van der Waals surface area contributed by atoms with Crippen molar-refractivity contribution in [3.8, 4) is 17.2 Å². The van der Waals surface area contributed by atoms with E-state index in [9.17, 15) is 9.59 Å². The molecule has 0 aliphatic carbocycles. The summed E-state index contributed by atoms with van der Waals surface area (Å²) in [6, 6.07) is 18.2. The number of carboxylic acids is 1. The van der Waals surface area contributed by atoms with E-state index in [1.165, 1.54) is 20.2 Å². The molecule has 0 radical (unpaired) electrons. The molecule has 8 heteroatoms. The van der Waals surface area contributed by atoms with Crippen molar-refractivity contribution >= 4 is 28.9 Å². The zero-order chi connectivity index (χ0) is 22.2. The van der Waals surface area contributed by atoms with Gasteiger partial charge in [-0.2, -0.15) is 5.10 Å². The van der Waals surface area contributed by atoms with Crippen LogP contribution in [0.4, 0.5) is 0 Å². The number of carbonyl (C=O) groups is 2. The molecule has 3 aromatic rings. The maximum absolute atomic E-state index is 12.1. The van der Waals surface area contributed by atoms with Crippen molar-refractivity contribution in [1.82, 2.24) is 5.43 Å². The zero-order valence-electron chi connectivity index (χ0n) is 17.1. The van der Waals surface area contributed by atoms with Crippen molar-refractivity contribution in [3.63, 3.8) is 0 Å². The smallest absolute Gasteiger partial charge is 0.344 e. The first-order valence-corrected chi connectivity index (χ1v) is 9.48. The van der Waals surface area contributed by atoms with Gasteiger partial charge in [-0.3, -0.25) is 4.79 Å². The van der Waals surface area contributed by atoms with Crippen molar-refractivity contribution in [1.29, 1.82) is 0 Å². The van der Waals surface area contributed by atoms with Gasteiger partial charge in [0.2, 0.25) is 0 Å². The summed E-state index contributed by atoms with van der Waals surface area (Å²) in [5, 5.41) is 14.8. The van der Waals surface area contributed by atoms with Crippen LogP contribution in [0.15, 0.2) is 65.8 Å². The van der Waals surface area contributed by atoms with E-state index in [2.05, 4.69) is 10.5 Å². The van der Waals surface area contributed by atoms with Crippen molar-refractivity contribution in [2.24, 2.45) is 5.10 Å². The second kappa shape index (κ2) is 10.1. The van der Waals surface area contributed by atoms with E-state index < -0.39 is 18.0 Å². The molecule has 0 saturated carbocycles. The third-order valence-electron chi connectivity index (χ3n) is 4.35. The summed E-state index contributed by atoms with van der Waals surface area (Å²) in [5.74, 6) is -0.231. The average molecular weight is 422 g/mol. The van der Waals surface area contributed by atoms with Crippen molar-refractivity contribution in [2.75, 3.05) is 13.7 Å². The lowest BCUT2D eigenvalue weighted by Crippen LogP contribution is -2.24. The molecule has 2 N–H and O–H groups in total. The van der Waals surface area contributed by atoms with Gasteiger partial charge in [-0.1, -0.05) is 36.4 Å². The number of amides is 1. The minimum absolute atomic E-state index is 0.186. The molecular weight excluding hydrogens is 400 g/mol. The highest BCUT2D eigenvalue weighted by Crippen LogP contribution is 2.28. The van der Waals surface area contributed by atoms with Gasteiger partial charge in [-0.25, -0.2) is 10.2 Å². The number of carboxylic acid groups (broad SMARTS) is 1. The molecule has 0 bridgehead atoms. The number of hydrogen-bond acceptors (Lipinski definition) is 6. The van der Waals surface area contributed by atoms with Gasteiger partial charge >= 0.3 is 5.97 Å². The Kier molecular flexibility index (Phi) is 7.05. The number of methoxy groups -OCH3 is 1. The standard InChI is InChI=1S/C23H22N2O6/c1-15(23(27)28)31-20-11-10-16(12-21(20)29-2)13-24-25-22(26)14-30-19-9-5-7-17-6-3-4-8-18(17)19/h3-13,15H,14H2,1-2H3,(H,25,26)(H,27,28)/b24-13+/t15-/m0/s1. The quantitative estimate of drug-likeness (QED) is 0.405. The zero-order valence-corrected chi connectivity index (χ0v) is 17.1. The number of ether oxygens (including phenoxy) is 3. The summed E-state index contributed by atoms with van der Waals surface area (Å²) in [7, 11) is 1.45. The van der Waals surface area contributed by atoms with Crippen LogP contribution in [0.1, 0.15) is 12.5 Å². The van der Waals surface area contributed by atoms with Crippen LogP contribution in [-0.4, -0.2) is 43.0 Å². The van der Waals surface area contributed by atoms with Gasteiger partial charge in [0.25, 0.3) is 5.91 Å². The number of fused-ring (bicyclic) bond motifs is 1. The molecule has 160 valence electrons. The molecule has 31 heavy (non-hydrogen) atoms. The molecule has 3 rings (SSSR count). The van der Waals surface area contributed by atoms with Gasteiger partial charge in [0.1, 0.15) is 5.75 Å². The number of hydrazone groups is 1. The number of hydrogen-bond donors (Lipinski definition) is 2. The Labute approximate surface area is 179 Å². The number of aliphatic carboxylic acids is 1. The van der Waals surface area contributed by atoms with Crippen LogP contribution in [0.25, 0.3) is 10.8 Å². The Morgan fingerprint density at radius 2 is 1.84 bits per heavy atom. The molecule has 0 aromatic heterocycles. The molecular formula is C23H22N2O6. The van der Waals surface area contributed by atoms with E-state index in [4.69, 9.17) is 19.3 Å². The van der Waals surface area contributed by atoms with Crippen molar-refractivity contribution in [3.05, 3.63) is 66.2 Å². The fourth-order valence-electron chi connectivity index (χ4n) is 2.78. The lowest BCUT2D eigenvalue weighted by Gasteiger charge is -2.14. The molecule has 1 amide bonds. The predicted octanol–water partition coefficient (Wildman–Crippen LogP) is 3.23. The summed E-state index contributed by atoms with van der Waals surface area (Å²) in [4.78, 5) is 23.0. The molecule has 0 spiro atoms. The van der Waals surface area contributed by atoms with E-state index in [0.717, 1.165) is 10.8 Å². The normalized spacial score (nSPS) is 11.8. The topological polar surface area (TPSA) is 106 Å². The Balaban J connectivity index is 1.57. The Hall–Kier alpha value is -4.07. The van der Waals surface area contributed by atoms with Crippen LogP contribution in [-0.2, 0) is 9.59 Å². The van der Waals surface area contributed by atoms with E-state index in [0.29, 0.717) is 22.8 Å². The highest BCUT2D eigenvalue weighted by atomic mass is 16.5. The summed E-state index contributed by atoms with van der Waals surface area (Å²) in [6.45, 7) is 1.24. The molecule has 3 aromatic carbocycles. The van der Waals surface area contributed by atoms with Crippen LogP contribution < -0.4 is 19.6 Å². The second-order valence-electron chi connectivity index (χ2n) is 6.57. The van der Waals surface area contributed by atoms with Crippen LogP contribution in [0, 0.1) is 0 Å². The molecule has 0 fully saturated rings. The van der Waals surface area contributed by atoms with Gasteiger partial charge in [0.05, 0.1) is 13.3 Å². The molecule has 0 heterocycles. The third-order valence-corrected chi connectivity index (χ3v) is 4.35. The first kappa shape index (κ1) is 21.6. The highest BCUT2D eigenvalue weighted by Gasteiger charge is 2.15. The number of nitrogens with zero attached hydrogens (tertiary/aromatic N) is 1. The Bertz CT molecular complexity index is 1110. The maximum atomic E-state index is 12.1. The summed E-state index contributed by atoms with van der Waals surface area (Å²) in [5.41, 5.74) is 3.03. The fraction of sp³-hybridized carbons (Fsp3) is 0.174. The summed E-state index contributed by atoms with van der Waals surface area (Å²) in [6.07, 6.45) is 0.414. The number of rotatable bonds is 9.